The normalized spacial score (nSPS) is 11.9. The molecule has 2 aromatic carbocycles. The lowest BCUT2D eigenvalue weighted by Crippen LogP contribution is -2.33. The Labute approximate surface area is 173 Å². The lowest BCUT2D eigenvalue weighted by molar-refractivity contribution is -0.118. The molecule has 0 bridgehead atoms. The average molecular weight is 402 g/mol. The highest BCUT2D eigenvalue weighted by Gasteiger charge is 2.22. The predicted molar refractivity (Wildman–Crippen MR) is 114 cm³/mol. The van der Waals surface area contributed by atoms with Crippen molar-refractivity contribution in [3.8, 4) is 0 Å². The van der Waals surface area contributed by atoms with E-state index in [0.29, 0.717) is 5.82 Å². The first-order valence-electron chi connectivity index (χ1n) is 9.65. The van der Waals surface area contributed by atoms with Crippen molar-refractivity contribution in [1.29, 1.82) is 0 Å². The minimum absolute atomic E-state index is 0.0878. The van der Waals surface area contributed by atoms with E-state index in [-0.39, 0.29) is 24.1 Å². The van der Waals surface area contributed by atoms with Crippen molar-refractivity contribution in [2.75, 3.05) is 11.9 Å². The van der Waals surface area contributed by atoms with Gasteiger partial charge in [-0.25, -0.2) is 4.98 Å². The number of anilines is 1. The van der Waals surface area contributed by atoms with Crippen LogP contribution in [-0.2, 0) is 11.3 Å². The van der Waals surface area contributed by atoms with Crippen LogP contribution >= 0.6 is 0 Å². The van der Waals surface area contributed by atoms with Gasteiger partial charge in [-0.3, -0.25) is 9.59 Å². The topological polar surface area (TPSA) is 80.4 Å². The Morgan fingerprint density at radius 1 is 1.07 bits per heavy atom. The summed E-state index contributed by atoms with van der Waals surface area (Å²) in [5.74, 6) is 0.407. The van der Waals surface area contributed by atoms with Crippen LogP contribution in [0.15, 0.2) is 77.4 Å². The van der Waals surface area contributed by atoms with Crippen molar-refractivity contribution >= 4 is 28.5 Å². The number of hydrogen-bond acceptors (Lipinski definition) is 4. The maximum atomic E-state index is 13.0. The van der Waals surface area contributed by atoms with Crippen LogP contribution in [0.3, 0.4) is 0 Å². The molecular formula is C23H22N4O3. The number of likely N-dealkylation sites (N-methyl/N-ethyl adjacent to an activating group) is 1. The third-order valence-electron chi connectivity index (χ3n) is 4.97. The monoisotopic (exact) mass is 402 g/mol. The Balaban J connectivity index is 1.63. The molecule has 2 heterocycles. The molecule has 1 atom stereocenters. The van der Waals surface area contributed by atoms with Crippen molar-refractivity contribution in [2.24, 2.45) is 0 Å². The van der Waals surface area contributed by atoms with Crippen molar-refractivity contribution < 1.29 is 14.0 Å². The first-order chi connectivity index (χ1) is 14.5. The summed E-state index contributed by atoms with van der Waals surface area (Å²) in [5.41, 5.74) is 2.41. The zero-order valence-electron chi connectivity index (χ0n) is 16.8. The number of nitrogens with one attached hydrogen (secondary N) is 1. The van der Waals surface area contributed by atoms with E-state index in [4.69, 9.17) is 4.42 Å². The summed E-state index contributed by atoms with van der Waals surface area (Å²) in [6.45, 7) is 1.94. The summed E-state index contributed by atoms with van der Waals surface area (Å²) in [5, 5.41) is 2.89. The molecule has 152 valence electrons. The summed E-state index contributed by atoms with van der Waals surface area (Å²) >= 11 is 0. The van der Waals surface area contributed by atoms with Crippen LogP contribution in [0.2, 0.25) is 0 Å². The molecule has 2 aromatic heterocycles. The Bertz CT molecular complexity index is 1170. The Kier molecular flexibility index (Phi) is 5.34. The number of imidazole rings is 1. The Hall–Kier alpha value is -3.87. The van der Waals surface area contributed by atoms with E-state index in [1.165, 1.54) is 6.26 Å². The van der Waals surface area contributed by atoms with Crippen LogP contribution in [0.25, 0.3) is 11.0 Å². The van der Waals surface area contributed by atoms with Gasteiger partial charge in [-0.1, -0.05) is 30.3 Å². The number of benzene rings is 2. The van der Waals surface area contributed by atoms with Gasteiger partial charge in [0.1, 0.15) is 12.4 Å². The molecule has 0 fully saturated rings. The number of fused-ring (bicyclic) bond motifs is 1. The lowest BCUT2D eigenvalue weighted by atomic mass is 10.2. The van der Waals surface area contributed by atoms with Crippen LogP contribution in [0.5, 0.6) is 0 Å². The van der Waals surface area contributed by atoms with Crippen LogP contribution in [-0.4, -0.2) is 28.4 Å². The molecule has 0 aliphatic rings. The molecule has 0 spiro atoms. The Morgan fingerprint density at radius 2 is 1.80 bits per heavy atom. The van der Waals surface area contributed by atoms with E-state index < -0.39 is 6.04 Å². The summed E-state index contributed by atoms with van der Waals surface area (Å²) in [6.07, 6.45) is 1.45. The number of rotatable bonds is 6. The van der Waals surface area contributed by atoms with Crippen molar-refractivity contribution in [3.63, 3.8) is 0 Å². The number of carbonyl (C=O) groups is 2. The Morgan fingerprint density at radius 3 is 2.53 bits per heavy atom. The molecule has 4 aromatic rings. The molecular weight excluding hydrogens is 380 g/mol. The van der Waals surface area contributed by atoms with Crippen molar-refractivity contribution in [1.82, 2.24) is 14.9 Å². The number of furan rings is 1. The maximum Gasteiger partial charge on any atom is 0.287 e. The van der Waals surface area contributed by atoms with Crippen LogP contribution in [0.4, 0.5) is 5.69 Å². The highest BCUT2D eigenvalue weighted by Crippen LogP contribution is 2.22. The number of carbonyl (C=O) groups excluding carboxylic acids is 2. The van der Waals surface area contributed by atoms with Gasteiger partial charge < -0.3 is 19.2 Å². The molecule has 1 N–H and O–H groups in total. The van der Waals surface area contributed by atoms with Gasteiger partial charge in [-0.15, -0.1) is 0 Å². The largest absolute Gasteiger partial charge is 0.459 e. The van der Waals surface area contributed by atoms with Crippen LogP contribution in [0.1, 0.15) is 29.3 Å². The maximum absolute atomic E-state index is 13.0. The summed E-state index contributed by atoms with van der Waals surface area (Å²) in [7, 11) is 1.75. The molecule has 0 aliphatic carbocycles. The molecule has 7 nitrogen and oxygen atoms in total. The van der Waals surface area contributed by atoms with E-state index in [1.54, 1.807) is 24.1 Å². The molecule has 30 heavy (non-hydrogen) atoms. The lowest BCUT2D eigenvalue weighted by Gasteiger charge is -2.20. The fourth-order valence-electron chi connectivity index (χ4n) is 3.37. The fraction of sp³-hybridized carbons (Fsp3) is 0.174. The zero-order valence-corrected chi connectivity index (χ0v) is 16.8. The van der Waals surface area contributed by atoms with Gasteiger partial charge in [0.15, 0.2) is 5.76 Å². The van der Waals surface area contributed by atoms with Crippen molar-refractivity contribution in [3.05, 3.63) is 84.6 Å². The van der Waals surface area contributed by atoms with Crippen molar-refractivity contribution in [2.45, 2.75) is 19.5 Å². The molecule has 0 aliphatic heterocycles. The second-order valence-electron chi connectivity index (χ2n) is 7.01. The summed E-state index contributed by atoms with van der Waals surface area (Å²) < 4.78 is 7.02. The van der Waals surface area contributed by atoms with Gasteiger partial charge in [0, 0.05) is 12.7 Å². The number of aromatic nitrogens is 2. The van der Waals surface area contributed by atoms with Crippen LogP contribution < -0.4 is 10.2 Å². The highest BCUT2D eigenvalue weighted by atomic mass is 16.3. The average Bonchev–Trinajstić information content (AvgIpc) is 3.43. The standard InChI is InChI=1S/C23H22N4O3/c1-16(24-23(29)20-13-8-14-30-20)22-25-18-11-6-7-12-19(18)27(22)15-21(28)26(2)17-9-4-3-5-10-17/h3-14,16H,15H2,1-2H3,(H,24,29)/t16-/m0/s1. The molecule has 2 amide bonds. The molecule has 0 saturated heterocycles. The van der Waals surface area contributed by atoms with E-state index in [2.05, 4.69) is 10.3 Å². The molecule has 7 heteroatoms. The van der Waals surface area contributed by atoms with E-state index in [9.17, 15) is 9.59 Å². The SMILES string of the molecule is C[C@H](NC(=O)c1ccco1)c1nc2ccccc2n1CC(=O)N(C)c1ccccc1. The third-order valence-corrected chi connectivity index (χ3v) is 4.97. The quantitative estimate of drug-likeness (QED) is 0.532. The van der Waals surface area contributed by atoms with Gasteiger partial charge in [0.05, 0.1) is 23.3 Å². The second kappa shape index (κ2) is 8.24. The summed E-state index contributed by atoms with van der Waals surface area (Å²) in [4.78, 5) is 31.7. The number of para-hydroxylation sites is 3. The zero-order chi connectivity index (χ0) is 21.1. The number of amides is 2. The van der Waals surface area contributed by atoms with E-state index >= 15 is 0 Å². The number of nitrogens with zero attached hydrogens (tertiary/aromatic N) is 3. The van der Waals surface area contributed by atoms with Gasteiger partial charge in [0.2, 0.25) is 5.91 Å². The van der Waals surface area contributed by atoms with E-state index in [1.807, 2.05) is 66.1 Å². The van der Waals surface area contributed by atoms with Gasteiger partial charge in [-0.2, -0.15) is 0 Å². The fourth-order valence-corrected chi connectivity index (χ4v) is 3.37. The molecule has 0 unspecified atom stereocenters. The predicted octanol–water partition coefficient (Wildman–Crippen LogP) is 3.78. The first-order valence-corrected chi connectivity index (χ1v) is 9.65. The minimum Gasteiger partial charge on any atom is -0.459 e. The van der Waals surface area contributed by atoms with Gasteiger partial charge in [-0.05, 0) is 43.3 Å². The molecule has 0 radical (unpaired) electrons. The van der Waals surface area contributed by atoms with Gasteiger partial charge in [0.25, 0.3) is 5.91 Å². The van der Waals surface area contributed by atoms with E-state index in [0.717, 1.165) is 16.7 Å². The second-order valence-corrected chi connectivity index (χ2v) is 7.01. The minimum atomic E-state index is -0.426. The summed E-state index contributed by atoms with van der Waals surface area (Å²) in [6, 6.07) is 19.9. The molecule has 0 saturated carbocycles. The molecule has 4 rings (SSSR count). The van der Waals surface area contributed by atoms with Gasteiger partial charge >= 0.3 is 0 Å². The van der Waals surface area contributed by atoms with Crippen LogP contribution in [0, 0.1) is 0 Å². The highest BCUT2D eigenvalue weighted by molar-refractivity contribution is 5.94. The third kappa shape index (κ3) is 3.82. The smallest absolute Gasteiger partial charge is 0.287 e. The number of hydrogen-bond donors (Lipinski definition) is 1. The first kappa shape index (κ1) is 19.4.